The molecule has 0 aliphatic rings. The molecule has 17 heavy (non-hydrogen) atoms. The molecule has 0 aromatic heterocycles. The van der Waals surface area contributed by atoms with E-state index in [1.54, 1.807) is 0 Å². The fourth-order valence-corrected chi connectivity index (χ4v) is 2.37. The maximum atomic E-state index is 6.16. The third-order valence-electron chi connectivity index (χ3n) is 2.78. The Hall–Kier alpha value is -0.510. The molecule has 0 amide bonds. The summed E-state index contributed by atoms with van der Waals surface area (Å²) >= 11 is 1.91. The van der Waals surface area contributed by atoms with Gasteiger partial charge in [-0.2, -0.15) is 11.8 Å². The van der Waals surface area contributed by atoms with Crippen LogP contribution in [0.1, 0.15) is 12.0 Å². The van der Waals surface area contributed by atoms with Crippen molar-refractivity contribution < 1.29 is 0 Å². The molecule has 0 heterocycles. The summed E-state index contributed by atoms with van der Waals surface area (Å²) in [6.07, 6.45) is 4.37. The number of hydrogen-bond donors (Lipinski definition) is 1. The molecule has 0 saturated carbocycles. The first-order valence-electron chi connectivity index (χ1n) is 6.19. The Labute approximate surface area is 110 Å². The van der Waals surface area contributed by atoms with Crippen LogP contribution < -0.4 is 5.73 Å². The summed E-state index contributed by atoms with van der Waals surface area (Å²) in [6.45, 7) is 2.12. The van der Waals surface area contributed by atoms with Gasteiger partial charge in [-0.1, -0.05) is 30.3 Å². The molecule has 0 radical (unpaired) electrons. The molecule has 1 atom stereocenters. The van der Waals surface area contributed by atoms with Crippen molar-refractivity contribution in [2.75, 3.05) is 32.1 Å². The van der Waals surface area contributed by atoms with Crippen molar-refractivity contribution in [1.82, 2.24) is 4.90 Å². The first kappa shape index (κ1) is 14.6. The molecule has 1 aromatic carbocycles. The second kappa shape index (κ2) is 8.56. The zero-order valence-electron chi connectivity index (χ0n) is 10.9. The van der Waals surface area contributed by atoms with Crippen LogP contribution >= 0.6 is 11.8 Å². The lowest BCUT2D eigenvalue weighted by Gasteiger charge is -2.21. The molecule has 0 bridgehead atoms. The molecule has 1 aromatic rings. The zero-order valence-corrected chi connectivity index (χ0v) is 11.7. The average Bonchev–Trinajstić information content (AvgIpc) is 2.30. The lowest BCUT2D eigenvalue weighted by atomic mass is 10.1. The monoisotopic (exact) mass is 252 g/mol. The van der Waals surface area contributed by atoms with Crippen LogP contribution in [-0.2, 0) is 6.42 Å². The minimum atomic E-state index is 0.233. The van der Waals surface area contributed by atoms with Gasteiger partial charge in [0.15, 0.2) is 0 Å². The summed E-state index contributed by atoms with van der Waals surface area (Å²) in [4.78, 5) is 2.34. The normalized spacial score (nSPS) is 12.9. The van der Waals surface area contributed by atoms with E-state index in [0.29, 0.717) is 0 Å². The van der Waals surface area contributed by atoms with Gasteiger partial charge < -0.3 is 10.6 Å². The molecule has 0 saturated heterocycles. The van der Waals surface area contributed by atoms with Crippen LogP contribution in [0.4, 0.5) is 0 Å². The van der Waals surface area contributed by atoms with Crippen molar-refractivity contribution in [3.63, 3.8) is 0 Å². The highest BCUT2D eigenvalue weighted by Crippen LogP contribution is 2.03. The number of nitrogens with two attached hydrogens (primary N) is 1. The molecule has 2 nitrogen and oxygen atoms in total. The Morgan fingerprint density at radius 3 is 2.65 bits per heavy atom. The molecule has 1 rings (SSSR count). The van der Waals surface area contributed by atoms with Crippen LogP contribution in [0.25, 0.3) is 0 Å². The largest absolute Gasteiger partial charge is 0.326 e. The number of benzene rings is 1. The van der Waals surface area contributed by atoms with Gasteiger partial charge in [-0.05, 0) is 44.0 Å². The second-order valence-corrected chi connectivity index (χ2v) is 5.54. The second-order valence-electron chi connectivity index (χ2n) is 4.56. The first-order chi connectivity index (χ1) is 8.22. The van der Waals surface area contributed by atoms with E-state index in [-0.39, 0.29) is 6.04 Å². The van der Waals surface area contributed by atoms with E-state index in [4.69, 9.17) is 5.73 Å². The average molecular weight is 252 g/mol. The smallest absolute Gasteiger partial charge is 0.0208 e. The molecular weight excluding hydrogens is 228 g/mol. The fraction of sp³-hybridized carbons (Fsp3) is 0.571. The SMILES string of the molecule is CSCCCN(C)CC(N)Cc1ccccc1. The molecule has 3 heteroatoms. The highest BCUT2D eigenvalue weighted by molar-refractivity contribution is 7.98. The van der Waals surface area contributed by atoms with Gasteiger partial charge >= 0.3 is 0 Å². The van der Waals surface area contributed by atoms with Crippen LogP contribution in [0.15, 0.2) is 30.3 Å². The Morgan fingerprint density at radius 1 is 1.29 bits per heavy atom. The van der Waals surface area contributed by atoms with Gasteiger partial charge in [0.1, 0.15) is 0 Å². The lowest BCUT2D eigenvalue weighted by Crippen LogP contribution is -2.37. The number of thioether (sulfide) groups is 1. The predicted molar refractivity (Wildman–Crippen MR) is 78.6 cm³/mol. The number of rotatable bonds is 8. The molecule has 96 valence electrons. The molecule has 0 fully saturated rings. The third-order valence-corrected chi connectivity index (χ3v) is 3.47. The van der Waals surface area contributed by atoms with E-state index >= 15 is 0 Å². The van der Waals surface area contributed by atoms with Crippen molar-refractivity contribution in [3.8, 4) is 0 Å². The standard InChI is InChI=1S/C14H24N2S/c1-16(9-6-10-17-2)12-14(15)11-13-7-4-3-5-8-13/h3-5,7-8,14H,6,9-12,15H2,1-2H3. The van der Waals surface area contributed by atoms with Crippen molar-refractivity contribution in [3.05, 3.63) is 35.9 Å². The minimum absolute atomic E-state index is 0.233. The van der Waals surface area contributed by atoms with Crippen molar-refractivity contribution in [2.45, 2.75) is 18.9 Å². The summed E-state index contributed by atoms with van der Waals surface area (Å²) in [6, 6.07) is 10.7. The van der Waals surface area contributed by atoms with Crippen LogP contribution in [0, 0.1) is 0 Å². The summed E-state index contributed by atoms with van der Waals surface area (Å²) < 4.78 is 0. The molecule has 2 N–H and O–H groups in total. The molecular formula is C14H24N2S. The Bertz CT molecular complexity index is 290. The predicted octanol–water partition coefficient (Wildman–Crippen LogP) is 2.24. The van der Waals surface area contributed by atoms with Crippen LogP contribution in [-0.4, -0.2) is 43.1 Å². The maximum absolute atomic E-state index is 6.16. The highest BCUT2D eigenvalue weighted by atomic mass is 32.2. The fourth-order valence-electron chi connectivity index (χ4n) is 1.95. The van der Waals surface area contributed by atoms with Crippen molar-refractivity contribution >= 4 is 11.8 Å². The van der Waals surface area contributed by atoms with Gasteiger partial charge in [0.05, 0.1) is 0 Å². The van der Waals surface area contributed by atoms with Crippen LogP contribution in [0.5, 0.6) is 0 Å². The maximum Gasteiger partial charge on any atom is 0.0208 e. The summed E-state index contributed by atoms with van der Waals surface area (Å²) in [5.41, 5.74) is 7.50. The van der Waals surface area contributed by atoms with E-state index < -0.39 is 0 Å². The highest BCUT2D eigenvalue weighted by Gasteiger charge is 2.07. The molecule has 0 aliphatic carbocycles. The van der Waals surface area contributed by atoms with Gasteiger partial charge in [0, 0.05) is 12.6 Å². The van der Waals surface area contributed by atoms with Crippen LogP contribution in [0.3, 0.4) is 0 Å². The van der Waals surface area contributed by atoms with Gasteiger partial charge in [-0.3, -0.25) is 0 Å². The van der Waals surface area contributed by atoms with Gasteiger partial charge in [0.2, 0.25) is 0 Å². The Morgan fingerprint density at radius 2 is 2.00 bits per heavy atom. The van der Waals surface area contributed by atoms with Gasteiger partial charge in [-0.25, -0.2) is 0 Å². The van der Waals surface area contributed by atoms with E-state index in [9.17, 15) is 0 Å². The number of nitrogens with zero attached hydrogens (tertiary/aromatic N) is 1. The Balaban J connectivity index is 2.22. The molecule has 0 spiro atoms. The number of likely N-dealkylation sites (N-methyl/N-ethyl adjacent to an activating group) is 1. The van der Waals surface area contributed by atoms with Gasteiger partial charge in [0.25, 0.3) is 0 Å². The van der Waals surface area contributed by atoms with Crippen molar-refractivity contribution in [1.29, 1.82) is 0 Å². The first-order valence-corrected chi connectivity index (χ1v) is 7.58. The minimum Gasteiger partial charge on any atom is -0.326 e. The molecule has 1 unspecified atom stereocenters. The van der Waals surface area contributed by atoms with Gasteiger partial charge in [-0.15, -0.1) is 0 Å². The topological polar surface area (TPSA) is 29.3 Å². The molecule has 0 aliphatic heterocycles. The summed E-state index contributed by atoms with van der Waals surface area (Å²) in [7, 11) is 2.16. The summed E-state index contributed by atoms with van der Waals surface area (Å²) in [5, 5.41) is 0. The third kappa shape index (κ3) is 6.71. The summed E-state index contributed by atoms with van der Waals surface area (Å²) in [5.74, 6) is 1.23. The lowest BCUT2D eigenvalue weighted by molar-refractivity contribution is 0.311. The van der Waals surface area contributed by atoms with E-state index in [0.717, 1.165) is 19.5 Å². The van der Waals surface area contributed by atoms with E-state index in [2.05, 4.69) is 42.5 Å². The number of hydrogen-bond acceptors (Lipinski definition) is 3. The van der Waals surface area contributed by atoms with E-state index in [1.165, 1.54) is 17.7 Å². The van der Waals surface area contributed by atoms with Crippen molar-refractivity contribution in [2.24, 2.45) is 5.73 Å². The van der Waals surface area contributed by atoms with Crippen LogP contribution in [0.2, 0.25) is 0 Å². The Kier molecular flexibility index (Phi) is 7.33. The zero-order chi connectivity index (χ0) is 12.5. The van der Waals surface area contributed by atoms with E-state index in [1.807, 2.05) is 17.8 Å². The quantitative estimate of drug-likeness (QED) is 0.720.